The van der Waals surface area contributed by atoms with Gasteiger partial charge in [-0.2, -0.15) is 4.52 Å². The van der Waals surface area contributed by atoms with E-state index in [1.54, 1.807) is 36.4 Å². The number of hydrogen-bond acceptors (Lipinski definition) is 5. The van der Waals surface area contributed by atoms with Crippen LogP contribution < -0.4 is 0 Å². The molecule has 0 saturated carbocycles. The van der Waals surface area contributed by atoms with Crippen LogP contribution in [0.3, 0.4) is 0 Å². The summed E-state index contributed by atoms with van der Waals surface area (Å²) < 4.78 is 26.9. The highest BCUT2D eigenvalue weighted by Gasteiger charge is 2.26. The van der Waals surface area contributed by atoms with Gasteiger partial charge in [0.1, 0.15) is 5.15 Å². The highest BCUT2D eigenvalue weighted by molar-refractivity contribution is 7.91. The van der Waals surface area contributed by atoms with Crippen LogP contribution in [0.25, 0.3) is 16.6 Å². The Morgan fingerprint density at radius 2 is 1.75 bits per heavy atom. The van der Waals surface area contributed by atoms with Crippen molar-refractivity contribution in [3.05, 3.63) is 58.7 Å². The topological polar surface area (TPSA) is 77.2 Å². The number of hydrogen-bond donors (Lipinski definition) is 0. The molecule has 2 aromatic heterocycles. The lowest BCUT2D eigenvalue weighted by Gasteiger charge is -2.04. The Hall–Kier alpha value is -2.22. The van der Waals surface area contributed by atoms with E-state index in [0.29, 0.717) is 15.9 Å². The van der Waals surface area contributed by atoms with E-state index in [1.807, 2.05) is 0 Å². The van der Waals surface area contributed by atoms with Crippen molar-refractivity contribution in [2.24, 2.45) is 0 Å². The lowest BCUT2D eigenvalue weighted by molar-refractivity contribution is 0.592. The maximum absolute atomic E-state index is 12.8. The van der Waals surface area contributed by atoms with Crippen LogP contribution in [0.15, 0.2) is 58.5 Å². The molecule has 4 aromatic rings. The highest BCUT2D eigenvalue weighted by atomic mass is 35.5. The molecule has 2 heterocycles. The van der Waals surface area contributed by atoms with Gasteiger partial charge in [-0.1, -0.05) is 46.6 Å². The molecular formula is C15H8Cl2N4O2S. The molecule has 2 aromatic carbocycles. The van der Waals surface area contributed by atoms with Crippen LogP contribution in [0.4, 0.5) is 0 Å². The van der Waals surface area contributed by atoms with Crippen molar-refractivity contribution in [1.82, 2.24) is 19.8 Å². The summed E-state index contributed by atoms with van der Waals surface area (Å²) in [6, 6.07) is 13.0. The van der Waals surface area contributed by atoms with Crippen LogP contribution in [0.2, 0.25) is 10.2 Å². The Bertz CT molecular complexity index is 1190. The monoisotopic (exact) mass is 378 g/mol. The van der Waals surface area contributed by atoms with Crippen molar-refractivity contribution < 1.29 is 8.42 Å². The number of rotatable bonds is 2. The zero-order chi connectivity index (χ0) is 16.9. The highest BCUT2D eigenvalue weighted by Crippen LogP contribution is 2.29. The van der Waals surface area contributed by atoms with Gasteiger partial charge in [0, 0.05) is 10.4 Å². The van der Waals surface area contributed by atoms with E-state index in [9.17, 15) is 8.42 Å². The Balaban J connectivity index is 2.06. The fourth-order valence-corrected chi connectivity index (χ4v) is 4.08. The average Bonchev–Trinajstić information content (AvgIpc) is 3.00. The second kappa shape index (κ2) is 5.41. The molecule has 0 radical (unpaired) electrons. The second-order valence-electron chi connectivity index (χ2n) is 5.01. The van der Waals surface area contributed by atoms with Gasteiger partial charge in [-0.25, -0.2) is 13.4 Å². The van der Waals surface area contributed by atoms with E-state index < -0.39 is 9.84 Å². The molecule has 0 amide bonds. The van der Waals surface area contributed by atoms with E-state index in [4.69, 9.17) is 23.2 Å². The third kappa shape index (κ3) is 2.24. The summed E-state index contributed by atoms with van der Waals surface area (Å²) >= 11 is 12.2. The third-order valence-electron chi connectivity index (χ3n) is 3.54. The number of halogens is 2. The Labute approximate surface area is 146 Å². The van der Waals surface area contributed by atoms with Gasteiger partial charge in [0.05, 0.1) is 10.4 Å². The van der Waals surface area contributed by atoms with Gasteiger partial charge in [-0.15, -0.1) is 5.10 Å². The van der Waals surface area contributed by atoms with Gasteiger partial charge >= 0.3 is 0 Å². The molecule has 0 spiro atoms. The normalized spacial score (nSPS) is 12.1. The van der Waals surface area contributed by atoms with Crippen LogP contribution in [0.1, 0.15) is 0 Å². The van der Waals surface area contributed by atoms with Gasteiger partial charge in [0.25, 0.3) is 0 Å². The second-order valence-corrected chi connectivity index (χ2v) is 7.67. The third-order valence-corrected chi connectivity index (χ3v) is 5.73. The summed E-state index contributed by atoms with van der Waals surface area (Å²) in [5.74, 6) is 0. The molecule has 9 heteroatoms. The first-order chi connectivity index (χ1) is 11.5. The molecule has 0 aliphatic heterocycles. The summed E-state index contributed by atoms with van der Waals surface area (Å²) in [5, 5.41) is 8.70. The summed E-state index contributed by atoms with van der Waals surface area (Å²) in [4.78, 5) is 4.27. The first kappa shape index (κ1) is 15.3. The summed E-state index contributed by atoms with van der Waals surface area (Å²) in [7, 11) is -3.86. The van der Waals surface area contributed by atoms with Gasteiger partial charge in [-0.05, 0) is 30.3 Å². The van der Waals surface area contributed by atoms with E-state index in [-0.39, 0.29) is 20.7 Å². The van der Waals surface area contributed by atoms with E-state index in [0.717, 1.165) is 0 Å². The summed E-state index contributed by atoms with van der Waals surface area (Å²) in [6.45, 7) is 0. The fourth-order valence-electron chi connectivity index (χ4n) is 2.42. The van der Waals surface area contributed by atoms with Gasteiger partial charge in [0.2, 0.25) is 14.9 Å². The lowest BCUT2D eigenvalue weighted by Crippen LogP contribution is -2.04. The molecule has 0 aliphatic rings. The smallest absolute Gasteiger partial charge is 0.217 e. The molecule has 0 saturated heterocycles. The fraction of sp³-hybridized carbons (Fsp3) is 0. The maximum atomic E-state index is 12.8. The van der Waals surface area contributed by atoms with Crippen molar-refractivity contribution in [3.8, 4) is 0 Å². The van der Waals surface area contributed by atoms with Crippen LogP contribution in [-0.2, 0) is 9.84 Å². The number of aromatic nitrogens is 4. The standard InChI is InChI=1S/C15H8Cl2N4O2S/c16-9-6-7-12-11(8-9)13(17)18-14-15(19-20-21(12)14)24(22,23)10-4-2-1-3-5-10/h1-8H. The van der Waals surface area contributed by atoms with Crippen molar-refractivity contribution >= 4 is 49.6 Å². The molecule has 6 nitrogen and oxygen atoms in total. The first-order valence-corrected chi connectivity index (χ1v) is 9.03. The maximum Gasteiger partial charge on any atom is 0.229 e. The molecule has 0 bridgehead atoms. The molecule has 120 valence electrons. The number of nitrogens with zero attached hydrogens (tertiary/aromatic N) is 4. The molecule has 24 heavy (non-hydrogen) atoms. The molecular weight excluding hydrogens is 371 g/mol. The van der Waals surface area contributed by atoms with Crippen molar-refractivity contribution in [1.29, 1.82) is 0 Å². The van der Waals surface area contributed by atoms with Crippen LogP contribution >= 0.6 is 23.2 Å². The minimum Gasteiger partial charge on any atom is -0.217 e. The Morgan fingerprint density at radius 3 is 2.50 bits per heavy atom. The molecule has 0 aliphatic carbocycles. The zero-order valence-corrected chi connectivity index (χ0v) is 14.2. The Kier molecular flexibility index (Phi) is 3.45. The van der Waals surface area contributed by atoms with E-state index in [1.165, 1.54) is 16.6 Å². The van der Waals surface area contributed by atoms with Crippen molar-refractivity contribution in [2.45, 2.75) is 9.92 Å². The predicted octanol–water partition coefficient (Wildman–Crippen LogP) is 3.42. The molecule has 0 atom stereocenters. The van der Waals surface area contributed by atoms with Crippen LogP contribution in [0, 0.1) is 0 Å². The minimum absolute atomic E-state index is 0.0682. The van der Waals surface area contributed by atoms with Crippen LogP contribution in [0.5, 0.6) is 0 Å². The quantitative estimate of drug-likeness (QED) is 0.499. The van der Waals surface area contributed by atoms with E-state index >= 15 is 0 Å². The van der Waals surface area contributed by atoms with E-state index in [2.05, 4.69) is 15.3 Å². The minimum atomic E-state index is -3.86. The molecule has 0 unspecified atom stereocenters. The van der Waals surface area contributed by atoms with Gasteiger partial charge < -0.3 is 0 Å². The zero-order valence-electron chi connectivity index (χ0n) is 11.9. The summed E-state index contributed by atoms with van der Waals surface area (Å²) in [6.07, 6.45) is 0. The van der Waals surface area contributed by atoms with Gasteiger partial charge in [-0.3, -0.25) is 0 Å². The van der Waals surface area contributed by atoms with Crippen molar-refractivity contribution in [3.63, 3.8) is 0 Å². The molecule has 0 N–H and O–H groups in total. The SMILES string of the molecule is O=S(=O)(c1ccccc1)c1nnn2c1nc(Cl)c1cc(Cl)ccc12. The summed E-state index contributed by atoms with van der Waals surface area (Å²) in [5.41, 5.74) is 0.634. The van der Waals surface area contributed by atoms with Crippen LogP contribution in [-0.4, -0.2) is 28.2 Å². The number of sulfone groups is 1. The van der Waals surface area contributed by atoms with Crippen molar-refractivity contribution in [2.75, 3.05) is 0 Å². The van der Waals surface area contributed by atoms with Gasteiger partial charge in [0.15, 0.2) is 5.65 Å². The molecule has 0 fully saturated rings. The Morgan fingerprint density at radius 1 is 1.00 bits per heavy atom. The first-order valence-electron chi connectivity index (χ1n) is 6.79. The molecule has 4 rings (SSSR count). The average molecular weight is 379 g/mol. The number of benzene rings is 2. The largest absolute Gasteiger partial charge is 0.229 e. The lowest BCUT2D eigenvalue weighted by atomic mass is 10.2. The predicted molar refractivity (Wildman–Crippen MR) is 90.2 cm³/mol. The number of fused-ring (bicyclic) bond motifs is 3.